The zero-order valence-electron chi connectivity index (χ0n) is 15.7. The molecular formula is C22H19ClN2O3. The van der Waals surface area contributed by atoms with Crippen molar-refractivity contribution in [1.82, 2.24) is 9.55 Å². The summed E-state index contributed by atoms with van der Waals surface area (Å²) in [5, 5.41) is 12.2. The minimum Gasteiger partial charge on any atom is -0.479 e. The van der Waals surface area contributed by atoms with Crippen LogP contribution < -0.4 is 0 Å². The van der Waals surface area contributed by atoms with Gasteiger partial charge in [-0.25, -0.2) is 4.79 Å². The number of ether oxygens (including phenoxy) is 1. The number of nitrogens with zero attached hydrogens (tertiary/aromatic N) is 2. The molecule has 1 unspecified atom stereocenters. The molecule has 0 radical (unpaired) electrons. The summed E-state index contributed by atoms with van der Waals surface area (Å²) in [4.78, 5) is 16.5. The van der Waals surface area contributed by atoms with E-state index in [4.69, 9.17) is 16.3 Å². The number of benzene rings is 2. The van der Waals surface area contributed by atoms with Crippen LogP contribution >= 0.6 is 11.6 Å². The summed E-state index contributed by atoms with van der Waals surface area (Å²) in [5.41, 5.74) is 4.64. The predicted octanol–water partition coefficient (Wildman–Crippen LogP) is 5.13. The van der Waals surface area contributed by atoms with Crippen molar-refractivity contribution in [2.24, 2.45) is 7.05 Å². The number of carboxylic acid groups (broad SMARTS) is 1. The topological polar surface area (TPSA) is 64.3 Å². The van der Waals surface area contributed by atoms with E-state index in [1.807, 2.05) is 55.1 Å². The maximum absolute atomic E-state index is 11.9. The highest BCUT2D eigenvalue weighted by molar-refractivity contribution is 6.31. The minimum absolute atomic E-state index is 0.540. The zero-order valence-corrected chi connectivity index (χ0v) is 16.5. The lowest BCUT2D eigenvalue weighted by Crippen LogP contribution is -2.17. The third-order valence-corrected chi connectivity index (χ3v) is 5.31. The number of methoxy groups -OCH3 is 1. The maximum atomic E-state index is 11.9. The van der Waals surface area contributed by atoms with Crippen molar-refractivity contribution in [2.75, 3.05) is 7.11 Å². The first-order valence-electron chi connectivity index (χ1n) is 8.81. The molecule has 0 saturated heterocycles. The molecule has 0 saturated carbocycles. The Kier molecular flexibility index (Phi) is 4.57. The zero-order chi connectivity index (χ0) is 20.0. The van der Waals surface area contributed by atoms with Crippen LogP contribution in [0.25, 0.3) is 32.9 Å². The number of aryl methyl sites for hydroxylation is 2. The first kappa shape index (κ1) is 18.5. The molecule has 0 spiro atoms. The predicted molar refractivity (Wildman–Crippen MR) is 111 cm³/mol. The van der Waals surface area contributed by atoms with Crippen LogP contribution in [0.3, 0.4) is 0 Å². The number of carbonyl (C=O) groups is 1. The maximum Gasteiger partial charge on any atom is 0.337 e. The second-order valence-corrected chi connectivity index (χ2v) is 7.24. The van der Waals surface area contributed by atoms with Crippen LogP contribution in [0.5, 0.6) is 0 Å². The molecule has 1 atom stereocenters. The lowest BCUT2D eigenvalue weighted by Gasteiger charge is -2.20. The molecule has 142 valence electrons. The van der Waals surface area contributed by atoms with Crippen LogP contribution in [-0.4, -0.2) is 27.7 Å². The quantitative estimate of drug-likeness (QED) is 0.521. The average Bonchev–Trinajstić information content (AvgIpc) is 3.03. The van der Waals surface area contributed by atoms with E-state index in [0.29, 0.717) is 16.3 Å². The van der Waals surface area contributed by atoms with E-state index in [9.17, 15) is 9.90 Å². The van der Waals surface area contributed by atoms with Crippen molar-refractivity contribution in [3.8, 4) is 11.1 Å². The highest BCUT2D eigenvalue weighted by atomic mass is 35.5. The van der Waals surface area contributed by atoms with Crippen LogP contribution in [0, 0.1) is 6.92 Å². The highest BCUT2D eigenvalue weighted by Crippen LogP contribution is 2.39. The summed E-state index contributed by atoms with van der Waals surface area (Å²) in [6.45, 7) is 1.81. The van der Waals surface area contributed by atoms with Gasteiger partial charge in [0, 0.05) is 47.5 Å². The molecule has 28 heavy (non-hydrogen) atoms. The number of hydrogen-bond acceptors (Lipinski definition) is 3. The second-order valence-electron chi connectivity index (χ2n) is 6.80. The van der Waals surface area contributed by atoms with E-state index in [-0.39, 0.29) is 0 Å². The summed E-state index contributed by atoms with van der Waals surface area (Å²) in [7, 11) is 3.37. The number of hydrogen-bond donors (Lipinski definition) is 1. The Hall–Kier alpha value is -2.89. The summed E-state index contributed by atoms with van der Waals surface area (Å²) < 4.78 is 7.37. The summed E-state index contributed by atoms with van der Waals surface area (Å²) >= 11 is 6.27. The van der Waals surface area contributed by atoms with Gasteiger partial charge in [-0.15, -0.1) is 0 Å². The van der Waals surface area contributed by atoms with Gasteiger partial charge in [0.25, 0.3) is 0 Å². The summed E-state index contributed by atoms with van der Waals surface area (Å²) in [6, 6.07) is 13.6. The van der Waals surface area contributed by atoms with E-state index in [1.54, 1.807) is 6.07 Å². The van der Waals surface area contributed by atoms with Gasteiger partial charge in [-0.3, -0.25) is 4.98 Å². The van der Waals surface area contributed by atoms with Gasteiger partial charge in [-0.05, 0) is 53.8 Å². The van der Waals surface area contributed by atoms with E-state index in [2.05, 4.69) is 11.1 Å². The van der Waals surface area contributed by atoms with Gasteiger partial charge in [-0.2, -0.15) is 0 Å². The molecule has 0 aliphatic carbocycles. The molecular weight excluding hydrogens is 376 g/mol. The second kappa shape index (κ2) is 6.93. The standard InChI is InChI=1S/C22H19ClN2O3/c1-12-19(21(28-3)22(26)27)20(16-11-15(23)6-7-17(16)24-12)14-5-4-13-8-9-25(2)18(13)10-14/h4-11,21H,1-3H3,(H,26,27). The van der Waals surface area contributed by atoms with Crippen LogP contribution in [0.1, 0.15) is 17.4 Å². The number of carboxylic acids is 1. The van der Waals surface area contributed by atoms with Gasteiger partial charge in [-0.1, -0.05) is 23.7 Å². The number of pyridine rings is 1. The van der Waals surface area contributed by atoms with Crippen molar-refractivity contribution < 1.29 is 14.6 Å². The molecule has 0 aliphatic rings. The molecule has 4 aromatic rings. The third-order valence-electron chi connectivity index (χ3n) is 5.07. The van der Waals surface area contributed by atoms with Crippen LogP contribution in [0.4, 0.5) is 0 Å². The fourth-order valence-electron chi connectivity index (χ4n) is 3.76. The fraction of sp³-hybridized carbons (Fsp3) is 0.182. The fourth-order valence-corrected chi connectivity index (χ4v) is 3.94. The molecule has 2 aromatic carbocycles. The highest BCUT2D eigenvalue weighted by Gasteiger charge is 2.27. The van der Waals surface area contributed by atoms with E-state index in [0.717, 1.165) is 32.9 Å². The lowest BCUT2D eigenvalue weighted by molar-refractivity contribution is -0.148. The number of halogens is 1. The summed E-state index contributed by atoms with van der Waals surface area (Å²) in [6.07, 6.45) is 0.868. The summed E-state index contributed by atoms with van der Waals surface area (Å²) in [5.74, 6) is -1.06. The average molecular weight is 395 g/mol. The largest absolute Gasteiger partial charge is 0.479 e. The van der Waals surface area contributed by atoms with E-state index >= 15 is 0 Å². The van der Waals surface area contributed by atoms with Crippen LogP contribution in [0.15, 0.2) is 48.7 Å². The Bertz CT molecular complexity index is 1230. The van der Waals surface area contributed by atoms with Crippen molar-refractivity contribution >= 4 is 39.4 Å². The number of fused-ring (bicyclic) bond motifs is 2. The third kappa shape index (κ3) is 2.93. The Balaban J connectivity index is 2.14. The van der Waals surface area contributed by atoms with Crippen molar-refractivity contribution in [3.05, 3.63) is 64.9 Å². The van der Waals surface area contributed by atoms with E-state index in [1.165, 1.54) is 7.11 Å². The normalized spacial score (nSPS) is 12.6. The lowest BCUT2D eigenvalue weighted by atomic mass is 9.91. The first-order chi connectivity index (χ1) is 13.4. The Morgan fingerprint density at radius 2 is 2.00 bits per heavy atom. The molecule has 2 aromatic heterocycles. The van der Waals surface area contributed by atoms with Gasteiger partial charge in [0.1, 0.15) is 0 Å². The monoisotopic (exact) mass is 394 g/mol. The Morgan fingerprint density at radius 3 is 2.71 bits per heavy atom. The Morgan fingerprint density at radius 1 is 1.21 bits per heavy atom. The molecule has 0 amide bonds. The van der Waals surface area contributed by atoms with Gasteiger partial charge in [0.05, 0.1) is 5.52 Å². The van der Waals surface area contributed by atoms with E-state index < -0.39 is 12.1 Å². The van der Waals surface area contributed by atoms with Crippen LogP contribution in [-0.2, 0) is 16.6 Å². The molecule has 5 nitrogen and oxygen atoms in total. The van der Waals surface area contributed by atoms with Gasteiger partial charge in [0.2, 0.25) is 0 Å². The number of rotatable bonds is 4. The molecule has 0 aliphatic heterocycles. The molecule has 1 N–H and O–H groups in total. The SMILES string of the molecule is COC(C(=O)O)c1c(C)nc2ccc(Cl)cc2c1-c1ccc2ccn(C)c2c1. The van der Waals surface area contributed by atoms with Gasteiger partial charge in [0.15, 0.2) is 6.10 Å². The smallest absolute Gasteiger partial charge is 0.337 e. The molecule has 0 bridgehead atoms. The minimum atomic E-state index is -1.13. The van der Waals surface area contributed by atoms with Crippen molar-refractivity contribution in [1.29, 1.82) is 0 Å². The molecule has 6 heteroatoms. The van der Waals surface area contributed by atoms with Gasteiger partial charge >= 0.3 is 5.97 Å². The molecule has 0 fully saturated rings. The van der Waals surface area contributed by atoms with Crippen LogP contribution in [0.2, 0.25) is 5.02 Å². The molecule has 2 heterocycles. The van der Waals surface area contributed by atoms with Crippen molar-refractivity contribution in [3.63, 3.8) is 0 Å². The number of aliphatic carboxylic acids is 1. The Labute approximate surface area is 167 Å². The number of aromatic nitrogens is 2. The van der Waals surface area contributed by atoms with Crippen molar-refractivity contribution in [2.45, 2.75) is 13.0 Å². The molecule has 4 rings (SSSR count). The van der Waals surface area contributed by atoms with Gasteiger partial charge < -0.3 is 14.4 Å². The first-order valence-corrected chi connectivity index (χ1v) is 9.19.